The van der Waals surface area contributed by atoms with Crippen LogP contribution in [0.25, 0.3) is 0 Å². The number of nitrogens with one attached hydrogen (secondary N) is 1. The zero-order valence-corrected chi connectivity index (χ0v) is 14.3. The van der Waals surface area contributed by atoms with Gasteiger partial charge in [-0.1, -0.05) is 29.8 Å². The molecule has 0 saturated heterocycles. The summed E-state index contributed by atoms with van der Waals surface area (Å²) < 4.78 is 22.5. The number of carbonyl (C=O) groups excluding carboxylic acids is 1. The van der Waals surface area contributed by atoms with Gasteiger partial charge in [-0.15, -0.1) is 0 Å². The summed E-state index contributed by atoms with van der Waals surface area (Å²) >= 11 is 5.93. The highest BCUT2D eigenvalue weighted by atomic mass is 35.5. The maximum atomic E-state index is 12.1. The molecular weight excluding hydrogens is 370 g/mol. The average molecular weight is 384 g/mol. The Morgan fingerprint density at radius 1 is 1.16 bits per heavy atom. The normalized spacial score (nSPS) is 11.0. The molecule has 0 bridgehead atoms. The van der Waals surface area contributed by atoms with Gasteiger partial charge in [-0.2, -0.15) is 0 Å². The zero-order chi connectivity index (χ0) is 18.6. The van der Waals surface area contributed by atoms with Crippen molar-refractivity contribution in [3.8, 4) is 0 Å². The summed E-state index contributed by atoms with van der Waals surface area (Å²) in [5.74, 6) is -0.642. The van der Waals surface area contributed by atoms with Crippen LogP contribution >= 0.6 is 11.6 Å². The van der Waals surface area contributed by atoms with Gasteiger partial charge in [0.05, 0.1) is 15.6 Å². The molecule has 0 fully saturated rings. The molecule has 0 atom stereocenters. The van der Waals surface area contributed by atoms with E-state index in [0.29, 0.717) is 5.69 Å². The summed E-state index contributed by atoms with van der Waals surface area (Å²) in [4.78, 5) is 24.1. The Kier molecular flexibility index (Phi) is 5.62. The maximum absolute atomic E-state index is 12.1. The first kappa shape index (κ1) is 18.7. The summed E-state index contributed by atoms with van der Waals surface area (Å²) in [6.07, 6.45) is -1.29. The fourth-order valence-electron chi connectivity index (χ4n) is 1.98. The van der Waals surface area contributed by atoms with Gasteiger partial charge in [0.1, 0.15) is 6.54 Å². The molecule has 0 aliphatic rings. The highest BCUT2D eigenvalue weighted by molar-refractivity contribution is 7.89. The van der Waals surface area contributed by atoms with Crippen LogP contribution in [-0.4, -0.2) is 32.1 Å². The predicted molar refractivity (Wildman–Crippen MR) is 93.3 cm³/mol. The Balaban J connectivity index is 2.15. The second-order valence-electron chi connectivity index (χ2n) is 4.94. The summed E-state index contributed by atoms with van der Waals surface area (Å²) in [6.45, 7) is -0.466. The van der Waals surface area contributed by atoms with Gasteiger partial charge in [0, 0.05) is 5.69 Å². The number of primary sulfonamides is 1. The second-order valence-corrected chi connectivity index (χ2v) is 6.91. The number of hydrogen-bond donors (Lipinski definition) is 3. The van der Waals surface area contributed by atoms with Gasteiger partial charge in [-0.25, -0.2) is 18.4 Å². The number of hydrogen-bond acceptors (Lipinski definition) is 4. The maximum Gasteiger partial charge on any atom is 0.412 e. The molecule has 2 amide bonds. The third-order valence-corrected chi connectivity index (χ3v) is 4.37. The van der Waals surface area contributed by atoms with Gasteiger partial charge in [-0.3, -0.25) is 9.69 Å². The molecule has 132 valence electrons. The summed E-state index contributed by atoms with van der Waals surface area (Å²) in [5.41, 5.74) is 0.471. The van der Waals surface area contributed by atoms with Crippen LogP contribution in [0.1, 0.15) is 0 Å². The van der Waals surface area contributed by atoms with Crippen molar-refractivity contribution >= 4 is 45.0 Å². The van der Waals surface area contributed by atoms with Gasteiger partial charge in [0.25, 0.3) is 0 Å². The lowest BCUT2D eigenvalue weighted by Crippen LogP contribution is -2.37. The average Bonchev–Trinajstić information content (AvgIpc) is 2.54. The van der Waals surface area contributed by atoms with E-state index in [0.717, 1.165) is 11.0 Å². The molecule has 0 saturated carbocycles. The van der Waals surface area contributed by atoms with E-state index < -0.39 is 28.6 Å². The Bertz CT molecular complexity index is 903. The van der Waals surface area contributed by atoms with Crippen molar-refractivity contribution in [2.24, 2.45) is 5.14 Å². The number of amides is 2. The quantitative estimate of drug-likeness (QED) is 0.727. The second kappa shape index (κ2) is 7.51. The van der Waals surface area contributed by atoms with Crippen molar-refractivity contribution in [2.75, 3.05) is 16.8 Å². The third kappa shape index (κ3) is 4.92. The minimum absolute atomic E-state index is 0.0403. The minimum atomic E-state index is -3.92. The SMILES string of the molecule is NS(=O)(=O)c1ccc(NC(=O)CN(C(=O)O)c2ccccc2)c(Cl)c1. The summed E-state index contributed by atoms with van der Waals surface area (Å²) in [6, 6.07) is 11.7. The molecule has 8 nitrogen and oxygen atoms in total. The molecule has 0 radical (unpaired) electrons. The van der Waals surface area contributed by atoms with Crippen LogP contribution in [0.15, 0.2) is 53.4 Å². The number of nitrogens with two attached hydrogens (primary N) is 1. The number of halogens is 1. The Morgan fingerprint density at radius 2 is 1.80 bits per heavy atom. The van der Waals surface area contributed by atoms with Crippen LogP contribution in [0.2, 0.25) is 5.02 Å². The topological polar surface area (TPSA) is 130 Å². The molecule has 0 aromatic heterocycles. The van der Waals surface area contributed by atoms with Crippen molar-refractivity contribution in [1.82, 2.24) is 0 Å². The fraction of sp³-hybridized carbons (Fsp3) is 0.0667. The van der Waals surface area contributed by atoms with Crippen LogP contribution in [0.5, 0.6) is 0 Å². The molecule has 25 heavy (non-hydrogen) atoms. The lowest BCUT2D eigenvalue weighted by atomic mass is 10.3. The number of anilines is 2. The van der Waals surface area contributed by atoms with E-state index in [-0.39, 0.29) is 15.6 Å². The van der Waals surface area contributed by atoms with Crippen molar-refractivity contribution in [3.63, 3.8) is 0 Å². The first-order chi connectivity index (χ1) is 11.7. The number of sulfonamides is 1. The number of nitrogens with zero attached hydrogens (tertiary/aromatic N) is 1. The van der Waals surface area contributed by atoms with Gasteiger partial charge in [0.15, 0.2) is 0 Å². The molecular formula is C15H14ClN3O5S. The van der Waals surface area contributed by atoms with Crippen molar-refractivity contribution in [2.45, 2.75) is 4.90 Å². The lowest BCUT2D eigenvalue weighted by molar-refractivity contribution is -0.114. The van der Waals surface area contributed by atoms with E-state index in [2.05, 4.69) is 5.32 Å². The van der Waals surface area contributed by atoms with E-state index in [9.17, 15) is 23.1 Å². The Morgan fingerprint density at radius 3 is 2.32 bits per heavy atom. The zero-order valence-electron chi connectivity index (χ0n) is 12.7. The molecule has 0 heterocycles. The molecule has 4 N–H and O–H groups in total. The van der Waals surface area contributed by atoms with Gasteiger partial charge >= 0.3 is 6.09 Å². The standard InChI is InChI=1S/C15H14ClN3O5S/c16-12-8-11(25(17,23)24)6-7-13(12)18-14(20)9-19(15(21)22)10-4-2-1-3-5-10/h1-8H,9H2,(H,18,20)(H,21,22)(H2,17,23,24). The van der Waals surface area contributed by atoms with Crippen molar-refractivity contribution < 1.29 is 23.1 Å². The van der Waals surface area contributed by atoms with Crippen LogP contribution in [0.3, 0.4) is 0 Å². The van der Waals surface area contributed by atoms with Gasteiger partial charge < -0.3 is 10.4 Å². The highest BCUT2D eigenvalue weighted by Crippen LogP contribution is 2.25. The molecule has 0 spiro atoms. The summed E-state index contributed by atoms with van der Waals surface area (Å²) in [5, 5.41) is 16.6. The fourth-order valence-corrected chi connectivity index (χ4v) is 2.82. The van der Waals surface area contributed by atoms with Gasteiger partial charge in [-0.05, 0) is 30.3 Å². The molecule has 0 aliphatic carbocycles. The van der Waals surface area contributed by atoms with Crippen LogP contribution in [-0.2, 0) is 14.8 Å². The monoisotopic (exact) mass is 383 g/mol. The minimum Gasteiger partial charge on any atom is -0.465 e. The molecule has 2 aromatic carbocycles. The van der Waals surface area contributed by atoms with Crippen LogP contribution in [0, 0.1) is 0 Å². The molecule has 2 rings (SSSR count). The first-order valence-corrected chi connectivity index (χ1v) is 8.78. The number of carboxylic acid groups (broad SMARTS) is 1. The largest absolute Gasteiger partial charge is 0.465 e. The van der Waals surface area contributed by atoms with E-state index in [1.54, 1.807) is 30.3 Å². The van der Waals surface area contributed by atoms with E-state index in [1.807, 2.05) is 0 Å². The van der Waals surface area contributed by atoms with E-state index in [1.165, 1.54) is 12.1 Å². The summed E-state index contributed by atoms with van der Waals surface area (Å²) in [7, 11) is -3.92. The number of benzene rings is 2. The van der Waals surface area contributed by atoms with Crippen molar-refractivity contribution in [1.29, 1.82) is 0 Å². The third-order valence-electron chi connectivity index (χ3n) is 3.14. The molecule has 10 heteroatoms. The lowest BCUT2D eigenvalue weighted by Gasteiger charge is -2.19. The predicted octanol–water partition coefficient (Wildman–Crippen LogP) is 2.11. The first-order valence-electron chi connectivity index (χ1n) is 6.86. The van der Waals surface area contributed by atoms with Crippen molar-refractivity contribution in [3.05, 3.63) is 53.6 Å². The Hall–Kier alpha value is -2.62. The van der Waals surface area contributed by atoms with Crippen LogP contribution in [0.4, 0.5) is 16.2 Å². The smallest absolute Gasteiger partial charge is 0.412 e. The molecule has 0 aliphatic heterocycles. The van der Waals surface area contributed by atoms with E-state index >= 15 is 0 Å². The Labute approximate surface area is 148 Å². The number of rotatable bonds is 5. The van der Waals surface area contributed by atoms with Gasteiger partial charge in [0.2, 0.25) is 15.9 Å². The number of para-hydroxylation sites is 1. The number of carbonyl (C=O) groups is 2. The molecule has 2 aromatic rings. The van der Waals surface area contributed by atoms with E-state index in [4.69, 9.17) is 16.7 Å². The highest BCUT2D eigenvalue weighted by Gasteiger charge is 2.19. The van der Waals surface area contributed by atoms with Crippen LogP contribution < -0.4 is 15.4 Å². The molecule has 0 unspecified atom stereocenters.